The van der Waals surface area contributed by atoms with Gasteiger partial charge in [0.05, 0.1) is 12.6 Å². The van der Waals surface area contributed by atoms with Crippen LogP contribution in [0.2, 0.25) is 0 Å². The number of fused-ring (bicyclic) bond motifs is 1. The predicted molar refractivity (Wildman–Crippen MR) is 83.0 cm³/mol. The van der Waals surface area contributed by atoms with Crippen LogP contribution in [-0.4, -0.2) is 53.7 Å². The molecule has 0 saturated carbocycles. The van der Waals surface area contributed by atoms with E-state index in [0.29, 0.717) is 19.6 Å². The Hall–Kier alpha value is -1.59. The molecule has 1 unspecified atom stereocenters. The van der Waals surface area contributed by atoms with Gasteiger partial charge < -0.3 is 20.2 Å². The summed E-state index contributed by atoms with van der Waals surface area (Å²) in [7, 11) is 3.99. The third kappa shape index (κ3) is 3.54. The fraction of sp³-hybridized carbons (Fsp3) is 0.562. The van der Waals surface area contributed by atoms with Crippen LogP contribution in [0.25, 0.3) is 0 Å². The van der Waals surface area contributed by atoms with Crippen LogP contribution in [0.4, 0.5) is 4.79 Å². The molecule has 1 heterocycles. The fourth-order valence-electron chi connectivity index (χ4n) is 2.30. The molecule has 0 fully saturated rings. The number of hydrogen-bond donors (Lipinski definition) is 2. The van der Waals surface area contributed by atoms with Gasteiger partial charge in [-0.3, -0.25) is 0 Å². The molecule has 0 aliphatic carbocycles. The predicted octanol–water partition coefficient (Wildman–Crippen LogP) is 1.59. The highest BCUT2D eigenvalue weighted by Crippen LogP contribution is 2.26. The summed E-state index contributed by atoms with van der Waals surface area (Å²) in [5, 5.41) is 13.1. The molecule has 2 rings (SSSR count). The molecule has 5 heteroatoms. The molecular weight excluding hydrogens is 266 g/mol. The van der Waals surface area contributed by atoms with Gasteiger partial charge in [0.25, 0.3) is 0 Å². The van der Waals surface area contributed by atoms with E-state index in [9.17, 15) is 9.90 Å². The van der Waals surface area contributed by atoms with Gasteiger partial charge in [-0.15, -0.1) is 0 Å². The molecule has 116 valence electrons. The number of hydrogen-bond acceptors (Lipinski definition) is 3. The van der Waals surface area contributed by atoms with Crippen LogP contribution in [0, 0.1) is 0 Å². The zero-order valence-electron chi connectivity index (χ0n) is 13.3. The lowest BCUT2D eigenvalue weighted by atomic mass is 9.98. The average Bonchev–Trinajstić information content (AvgIpc) is 2.44. The number of benzene rings is 1. The molecule has 2 N–H and O–H groups in total. The van der Waals surface area contributed by atoms with Crippen molar-refractivity contribution >= 4 is 6.03 Å². The van der Waals surface area contributed by atoms with Gasteiger partial charge in [0.15, 0.2) is 0 Å². The third-order valence-electron chi connectivity index (χ3n) is 4.34. The second-order valence-electron chi connectivity index (χ2n) is 6.46. The molecule has 21 heavy (non-hydrogen) atoms. The van der Waals surface area contributed by atoms with Crippen molar-refractivity contribution in [2.24, 2.45) is 0 Å². The summed E-state index contributed by atoms with van der Waals surface area (Å²) in [5.41, 5.74) is 1.83. The highest BCUT2D eigenvalue weighted by atomic mass is 16.3. The minimum atomic E-state index is -0.609. The van der Waals surface area contributed by atoms with Crippen LogP contribution in [-0.2, 0) is 6.54 Å². The monoisotopic (exact) mass is 291 g/mol. The SMILES string of the molecule is CN(C)C(C)(C)CNC(=O)N1Cc2ccccc2C(O)C1. The van der Waals surface area contributed by atoms with E-state index in [0.717, 1.165) is 11.1 Å². The van der Waals surface area contributed by atoms with E-state index in [-0.39, 0.29) is 11.6 Å². The van der Waals surface area contributed by atoms with Crippen LogP contribution < -0.4 is 5.32 Å². The molecule has 0 aromatic heterocycles. The van der Waals surface area contributed by atoms with Crippen molar-refractivity contribution in [3.05, 3.63) is 35.4 Å². The number of β-amino-alcohol motifs (C(OH)–C–C–N with tert-alkyl or cyclic N) is 1. The molecule has 0 saturated heterocycles. The molecule has 1 atom stereocenters. The number of carbonyl (C=O) groups excluding carboxylic acids is 1. The van der Waals surface area contributed by atoms with Crippen molar-refractivity contribution < 1.29 is 9.90 Å². The highest BCUT2D eigenvalue weighted by molar-refractivity contribution is 5.74. The lowest BCUT2D eigenvalue weighted by Crippen LogP contribution is -2.52. The van der Waals surface area contributed by atoms with E-state index in [4.69, 9.17) is 0 Å². The quantitative estimate of drug-likeness (QED) is 0.889. The van der Waals surface area contributed by atoms with Gasteiger partial charge in [-0.1, -0.05) is 24.3 Å². The lowest BCUT2D eigenvalue weighted by molar-refractivity contribution is 0.102. The molecule has 1 aromatic rings. The van der Waals surface area contributed by atoms with Crippen molar-refractivity contribution in [3.8, 4) is 0 Å². The van der Waals surface area contributed by atoms with Gasteiger partial charge in [-0.25, -0.2) is 4.79 Å². The molecule has 2 amide bonds. The van der Waals surface area contributed by atoms with Crippen molar-refractivity contribution in [3.63, 3.8) is 0 Å². The fourth-order valence-corrected chi connectivity index (χ4v) is 2.30. The van der Waals surface area contributed by atoms with Gasteiger partial charge in [-0.2, -0.15) is 0 Å². The first-order valence-electron chi connectivity index (χ1n) is 7.27. The van der Waals surface area contributed by atoms with E-state index < -0.39 is 6.10 Å². The maximum Gasteiger partial charge on any atom is 0.317 e. The van der Waals surface area contributed by atoms with Gasteiger partial charge in [0, 0.05) is 18.6 Å². The Morgan fingerprint density at radius 2 is 2.10 bits per heavy atom. The number of nitrogens with one attached hydrogen (secondary N) is 1. The number of nitrogens with zero attached hydrogens (tertiary/aromatic N) is 2. The largest absolute Gasteiger partial charge is 0.387 e. The Morgan fingerprint density at radius 1 is 1.43 bits per heavy atom. The Morgan fingerprint density at radius 3 is 2.76 bits per heavy atom. The Bertz CT molecular complexity index is 514. The average molecular weight is 291 g/mol. The number of rotatable bonds is 3. The summed E-state index contributed by atoms with van der Waals surface area (Å²) in [6.45, 7) is 5.60. The van der Waals surface area contributed by atoms with Crippen molar-refractivity contribution in [1.82, 2.24) is 15.1 Å². The van der Waals surface area contributed by atoms with E-state index >= 15 is 0 Å². The molecule has 1 aromatic carbocycles. The van der Waals surface area contributed by atoms with Crippen LogP contribution in [0.1, 0.15) is 31.1 Å². The molecule has 0 radical (unpaired) electrons. The topological polar surface area (TPSA) is 55.8 Å². The van der Waals surface area contributed by atoms with Crippen LogP contribution in [0.5, 0.6) is 0 Å². The van der Waals surface area contributed by atoms with E-state index in [1.54, 1.807) is 4.90 Å². The van der Waals surface area contributed by atoms with Crippen LogP contribution >= 0.6 is 0 Å². The van der Waals surface area contributed by atoms with Gasteiger partial charge in [0.2, 0.25) is 0 Å². The van der Waals surface area contributed by atoms with Crippen LogP contribution in [0.3, 0.4) is 0 Å². The number of amides is 2. The van der Waals surface area contributed by atoms with Crippen molar-refractivity contribution in [2.45, 2.75) is 32.0 Å². The standard InChI is InChI=1S/C16H25N3O2/c1-16(2,18(3)4)11-17-15(21)19-9-12-7-5-6-8-13(12)14(20)10-19/h5-8,14,20H,9-11H2,1-4H3,(H,17,21). The summed E-state index contributed by atoms with van der Waals surface area (Å²) >= 11 is 0. The molecule has 1 aliphatic rings. The second-order valence-corrected chi connectivity index (χ2v) is 6.46. The van der Waals surface area contributed by atoms with Gasteiger partial charge in [-0.05, 0) is 39.1 Å². The van der Waals surface area contributed by atoms with E-state index in [2.05, 4.69) is 24.1 Å². The van der Waals surface area contributed by atoms with Crippen molar-refractivity contribution in [2.75, 3.05) is 27.2 Å². The first-order chi connectivity index (χ1) is 9.81. The Balaban J connectivity index is 1.99. The first-order valence-corrected chi connectivity index (χ1v) is 7.27. The Labute approximate surface area is 126 Å². The first kappa shape index (κ1) is 15.8. The molecular formula is C16H25N3O2. The van der Waals surface area contributed by atoms with Gasteiger partial charge >= 0.3 is 6.03 Å². The molecule has 5 nitrogen and oxygen atoms in total. The number of aliphatic hydroxyl groups excluding tert-OH is 1. The number of likely N-dealkylation sites (N-methyl/N-ethyl adjacent to an activating group) is 1. The zero-order chi connectivity index (χ0) is 15.6. The maximum atomic E-state index is 12.3. The summed E-state index contributed by atoms with van der Waals surface area (Å²) < 4.78 is 0. The minimum Gasteiger partial charge on any atom is -0.387 e. The lowest BCUT2D eigenvalue weighted by Gasteiger charge is -2.35. The highest BCUT2D eigenvalue weighted by Gasteiger charge is 2.28. The summed E-state index contributed by atoms with van der Waals surface area (Å²) in [6.07, 6.45) is -0.609. The summed E-state index contributed by atoms with van der Waals surface area (Å²) in [6, 6.07) is 7.60. The molecule has 1 aliphatic heterocycles. The van der Waals surface area contributed by atoms with E-state index in [1.165, 1.54) is 0 Å². The van der Waals surface area contributed by atoms with Gasteiger partial charge in [0.1, 0.15) is 0 Å². The van der Waals surface area contributed by atoms with Crippen molar-refractivity contribution in [1.29, 1.82) is 0 Å². The molecule has 0 spiro atoms. The van der Waals surface area contributed by atoms with Crippen LogP contribution in [0.15, 0.2) is 24.3 Å². The number of urea groups is 1. The minimum absolute atomic E-state index is 0.109. The normalized spacial score (nSPS) is 18.6. The van der Waals surface area contributed by atoms with E-state index in [1.807, 2.05) is 38.4 Å². The maximum absolute atomic E-state index is 12.3. The zero-order valence-corrected chi connectivity index (χ0v) is 13.3. The third-order valence-corrected chi connectivity index (χ3v) is 4.34. The summed E-state index contributed by atoms with van der Waals surface area (Å²) in [5.74, 6) is 0. The Kier molecular flexibility index (Phi) is 4.54. The number of carbonyl (C=O) groups is 1. The second kappa shape index (κ2) is 6.03. The smallest absolute Gasteiger partial charge is 0.317 e. The summed E-state index contributed by atoms with van der Waals surface area (Å²) in [4.78, 5) is 16.1. The number of aliphatic hydroxyl groups is 1. The molecule has 0 bridgehead atoms.